The Bertz CT molecular complexity index is 593. The van der Waals surface area contributed by atoms with E-state index in [1.54, 1.807) is 43.4 Å². The SMILES string of the molecule is COCCN(CCOC)C(=O)CCNS(=O)(=O)c1ccc(C)cc1. The molecule has 8 heteroatoms. The van der Waals surface area contributed by atoms with Crippen LogP contribution in [-0.2, 0) is 24.3 Å². The van der Waals surface area contributed by atoms with Crippen molar-refractivity contribution in [1.29, 1.82) is 0 Å². The Balaban J connectivity index is 2.53. The van der Waals surface area contributed by atoms with Gasteiger partial charge >= 0.3 is 0 Å². The van der Waals surface area contributed by atoms with Crippen molar-refractivity contribution in [3.05, 3.63) is 29.8 Å². The van der Waals surface area contributed by atoms with Crippen molar-refractivity contribution in [2.45, 2.75) is 18.2 Å². The molecule has 7 nitrogen and oxygen atoms in total. The number of aryl methyl sites for hydroxylation is 1. The van der Waals surface area contributed by atoms with Crippen LogP contribution in [0.2, 0.25) is 0 Å². The summed E-state index contributed by atoms with van der Waals surface area (Å²) in [7, 11) is -0.474. The highest BCUT2D eigenvalue weighted by Gasteiger charge is 2.16. The summed E-state index contributed by atoms with van der Waals surface area (Å²) >= 11 is 0. The van der Waals surface area contributed by atoms with Gasteiger partial charge in [0.05, 0.1) is 18.1 Å². The van der Waals surface area contributed by atoms with Crippen molar-refractivity contribution in [1.82, 2.24) is 9.62 Å². The number of hydrogen-bond acceptors (Lipinski definition) is 5. The summed E-state index contributed by atoms with van der Waals surface area (Å²) in [6.07, 6.45) is 0.0819. The number of hydrogen-bond donors (Lipinski definition) is 1. The summed E-state index contributed by atoms with van der Waals surface area (Å²) in [6.45, 7) is 3.67. The van der Waals surface area contributed by atoms with Gasteiger partial charge in [-0.3, -0.25) is 4.79 Å². The van der Waals surface area contributed by atoms with Crippen molar-refractivity contribution in [3.63, 3.8) is 0 Å². The Hall–Kier alpha value is -1.48. The van der Waals surface area contributed by atoms with Gasteiger partial charge in [0, 0.05) is 40.3 Å². The number of sulfonamides is 1. The van der Waals surface area contributed by atoms with E-state index in [0.29, 0.717) is 26.3 Å². The van der Waals surface area contributed by atoms with Gasteiger partial charge in [0.1, 0.15) is 0 Å². The molecule has 1 aromatic carbocycles. The Labute approximate surface area is 144 Å². The standard InChI is InChI=1S/C16H26N2O5S/c1-14-4-6-15(7-5-14)24(20,21)17-9-8-16(19)18(10-12-22-2)11-13-23-3/h4-7,17H,8-13H2,1-3H3. The number of rotatable bonds is 11. The smallest absolute Gasteiger partial charge is 0.240 e. The van der Waals surface area contributed by atoms with E-state index >= 15 is 0 Å². The normalized spacial score (nSPS) is 11.5. The van der Waals surface area contributed by atoms with E-state index in [1.807, 2.05) is 6.92 Å². The Morgan fingerprint density at radius 1 is 1.08 bits per heavy atom. The van der Waals surface area contributed by atoms with Gasteiger partial charge in [-0.2, -0.15) is 0 Å². The lowest BCUT2D eigenvalue weighted by Gasteiger charge is -2.22. The van der Waals surface area contributed by atoms with E-state index in [4.69, 9.17) is 9.47 Å². The maximum atomic E-state index is 12.2. The Morgan fingerprint density at radius 3 is 2.12 bits per heavy atom. The van der Waals surface area contributed by atoms with Crippen LogP contribution in [0.4, 0.5) is 0 Å². The first-order valence-electron chi connectivity index (χ1n) is 7.72. The summed E-state index contributed by atoms with van der Waals surface area (Å²) in [4.78, 5) is 14.0. The molecule has 0 aromatic heterocycles. The van der Waals surface area contributed by atoms with Gasteiger partial charge in [-0.05, 0) is 19.1 Å². The van der Waals surface area contributed by atoms with Crippen LogP contribution >= 0.6 is 0 Å². The average Bonchev–Trinajstić information content (AvgIpc) is 2.55. The molecule has 0 saturated carbocycles. The number of nitrogens with zero attached hydrogens (tertiary/aromatic N) is 1. The van der Waals surface area contributed by atoms with Gasteiger partial charge in [-0.25, -0.2) is 13.1 Å². The van der Waals surface area contributed by atoms with Crippen LogP contribution in [0.15, 0.2) is 29.2 Å². The van der Waals surface area contributed by atoms with Crippen molar-refractivity contribution in [2.75, 3.05) is 47.1 Å². The number of carbonyl (C=O) groups is 1. The van der Waals surface area contributed by atoms with E-state index in [0.717, 1.165) is 5.56 Å². The fourth-order valence-electron chi connectivity index (χ4n) is 2.02. The summed E-state index contributed by atoms with van der Waals surface area (Å²) < 4.78 is 36.7. The summed E-state index contributed by atoms with van der Waals surface area (Å²) in [5, 5.41) is 0. The second-order valence-corrected chi connectivity index (χ2v) is 7.09. The fourth-order valence-corrected chi connectivity index (χ4v) is 3.05. The minimum atomic E-state index is -3.60. The molecule has 136 valence electrons. The molecule has 0 fully saturated rings. The fraction of sp³-hybridized carbons (Fsp3) is 0.562. The zero-order chi connectivity index (χ0) is 18.0. The van der Waals surface area contributed by atoms with Gasteiger partial charge in [-0.15, -0.1) is 0 Å². The van der Waals surface area contributed by atoms with Crippen molar-refractivity contribution < 1.29 is 22.7 Å². The van der Waals surface area contributed by atoms with E-state index in [-0.39, 0.29) is 23.8 Å². The molecule has 0 heterocycles. The zero-order valence-corrected chi connectivity index (χ0v) is 15.3. The lowest BCUT2D eigenvalue weighted by Crippen LogP contribution is -2.38. The highest BCUT2D eigenvalue weighted by atomic mass is 32.2. The van der Waals surface area contributed by atoms with Gasteiger partial charge in [-0.1, -0.05) is 17.7 Å². The predicted molar refractivity (Wildman–Crippen MR) is 91.3 cm³/mol. The molecule has 0 aliphatic carbocycles. The van der Waals surface area contributed by atoms with Crippen molar-refractivity contribution >= 4 is 15.9 Å². The third-order valence-electron chi connectivity index (χ3n) is 3.45. The highest BCUT2D eigenvalue weighted by molar-refractivity contribution is 7.89. The van der Waals surface area contributed by atoms with Crippen molar-refractivity contribution in [2.24, 2.45) is 0 Å². The predicted octanol–water partition coefficient (Wildman–Crippen LogP) is 0.785. The lowest BCUT2D eigenvalue weighted by molar-refractivity contribution is -0.132. The van der Waals surface area contributed by atoms with Crippen LogP contribution in [0.25, 0.3) is 0 Å². The first-order valence-corrected chi connectivity index (χ1v) is 9.21. The highest BCUT2D eigenvalue weighted by Crippen LogP contribution is 2.09. The number of methoxy groups -OCH3 is 2. The van der Waals surface area contributed by atoms with Crippen LogP contribution in [-0.4, -0.2) is 66.3 Å². The molecule has 0 aliphatic rings. The van der Waals surface area contributed by atoms with E-state index in [9.17, 15) is 13.2 Å². The molecule has 0 unspecified atom stereocenters. The summed E-state index contributed by atoms with van der Waals surface area (Å²) in [5.74, 6) is -0.143. The zero-order valence-electron chi connectivity index (χ0n) is 14.4. The van der Waals surface area contributed by atoms with Crippen LogP contribution in [0.1, 0.15) is 12.0 Å². The van der Waals surface area contributed by atoms with Gasteiger partial charge < -0.3 is 14.4 Å². The van der Waals surface area contributed by atoms with Crippen LogP contribution in [0, 0.1) is 6.92 Å². The number of benzene rings is 1. The number of amides is 1. The molecule has 0 spiro atoms. The second-order valence-electron chi connectivity index (χ2n) is 5.33. The summed E-state index contributed by atoms with van der Waals surface area (Å²) in [6, 6.07) is 6.56. The van der Waals surface area contributed by atoms with E-state index in [1.165, 1.54) is 0 Å². The largest absolute Gasteiger partial charge is 0.383 e. The first kappa shape index (κ1) is 20.6. The molecular formula is C16H26N2O5S. The van der Waals surface area contributed by atoms with Crippen molar-refractivity contribution in [3.8, 4) is 0 Å². The molecule has 1 rings (SSSR count). The molecule has 1 amide bonds. The number of ether oxygens (including phenoxy) is 2. The molecule has 0 radical (unpaired) electrons. The Morgan fingerprint density at radius 2 is 1.62 bits per heavy atom. The third-order valence-corrected chi connectivity index (χ3v) is 4.92. The molecule has 24 heavy (non-hydrogen) atoms. The monoisotopic (exact) mass is 358 g/mol. The molecule has 0 saturated heterocycles. The topological polar surface area (TPSA) is 84.9 Å². The molecule has 0 atom stereocenters. The first-order chi connectivity index (χ1) is 11.4. The molecule has 1 N–H and O–H groups in total. The van der Waals surface area contributed by atoms with E-state index in [2.05, 4.69) is 4.72 Å². The van der Waals surface area contributed by atoms with Crippen LogP contribution in [0.5, 0.6) is 0 Å². The summed E-state index contributed by atoms with van der Waals surface area (Å²) in [5.41, 5.74) is 0.982. The maximum Gasteiger partial charge on any atom is 0.240 e. The number of carbonyl (C=O) groups excluding carboxylic acids is 1. The van der Waals surface area contributed by atoms with Gasteiger partial charge in [0.2, 0.25) is 15.9 Å². The van der Waals surface area contributed by atoms with Gasteiger partial charge in [0.25, 0.3) is 0 Å². The molecule has 0 bridgehead atoms. The Kier molecular flexibility index (Phi) is 8.91. The third kappa shape index (κ3) is 6.96. The minimum Gasteiger partial charge on any atom is -0.383 e. The van der Waals surface area contributed by atoms with Crippen LogP contribution in [0.3, 0.4) is 0 Å². The number of nitrogens with one attached hydrogen (secondary N) is 1. The average molecular weight is 358 g/mol. The van der Waals surface area contributed by atoms with E-state index < -0.39 is 10.0 Å². The minimum absolute atomic E-state index is 0.0471. The second kappa shape index (κ2) is 10.4. The lowest BCUT2D eigenvalue weighted by atomic mass is 10.2. The maximum absolute atomic E-state index is 12.2. The molecule has 0 aliphatic heterocycles. The van der Waals surface area contributed by atoms with Gasteiger partial charge in [0.15, 0.2) is 0 Å². The quantitative estimate of drug-likeness (QED) is 0.632. The molecule has 1 aromatic rings. The molecular weight excluding hydrogens is 332 g/mol. The van der Waals surface area contributed by atoms with Crippen LogP contribution < -0.4 is 4.72 Å².